The third-order valence-electron chi connectivity index (χ3n) is 2.25. The summed E-state index contributed by atoms with van der Waals surface area (Å²) in [6, 6.07) is 0.521. The highest BCUT2D eigenvalue weighted by Crippen LogP contribution is 2.16. The van der Waals surface area contributed by atoms with Gasteiger partial charge in [0.1, 0.15) is 0 Å². The smallest absolute Gasteiger partial charge is 0.243 e. The number of hydrogen-bond acceptors (Lipinski definition) is 2. The van der Waals surface area contributed by atoms with E-state index in [-0.39, 0.29) is 18.0 Å². The van der Waals surface area contributed by atoms with Gasteiger partial charge in [0.25, 0.3) is 0 Å². The van der Waals surface area contributed by atoms with E-state index in [1.54, 1.807) is 0 Å². The van der Waals surface area contributed by atoms with Gasteiger partial charge in [-0.1, -0.05) is 6.58 Å². The number of carbonyl (C=O) groups is 1. The minimum absolute atomic E-state index is 0.0888. The maximum atomic E-state index is 10.9. The average Bonchev–Trinajstić information content (AvgIpc) is 2.04. The molecule has 3 nitrogen and oxygen atoms in total. The molecule has 1 aliphatic rings. The van der Waals surface area contributed by atoms with E-state index >= 15 is 0 Å². The fraction of sp³-hybridized carbons (Fsp3) is 0.667. The van der Waals surface area contributed by atoms with E-state index in [4.69, 9.17) is 5.73 Å². The van der Waals surface area contributed by atoms with Gasteiger partial charge in [0, 0.05) is 12.1 Å². The van der Waals surface area contributed by atoms with Crippen molar-refractivity contribution < 1.29 is 4.79 Å². The van der Waals surface area contributed by atoms with Crippen molar-refractivity contribution >= 4 is 5.91 Å². The van der Waals surface area contributed by atoms with Gasteiger partial charge in [-0.05, 0) is 31.8 Å². The zero-order chi connectivity index (χ0) is 8.97. The Hall–Kier alpha value is -0.830. The molecule has 3 N–H and O–H groups in total. The molecule has 0 bridgehead atoms. The lowest BCUT2D eigenvalue weighted by Crippen LogP contribution is -2.41. The quantitative estimate of drug-likeness (QED) is 0.592. The van der Waals surface area contributed by atoms with E-state index < -0.39 is 0 Å². The van der Waals surface area contributed by atoms with Gasteiger partial charge in [0.15, 0.2) is 0 Å². The van der Waals surface area contributed by atoms with Crippen LogP contribution >= 0.6 is 0 Å². The van der Waals surface area contributed by atoms with Gasteiger partial charge in [-0.15, -0.1) is 0 Å². The number of hydrogen-bond donors (Lipinski definition) is 2. The number of nitrogens with one attached hydrogen (secondary N) is 1. The van der Waals surface area contributed by atoms with Crippen molar-refractivity contribution in [3.8, 4) is 0 Å². The molecule has 3 heteroatoms. The highest BCUT2D eigenvalue weighted by Gasteiger charge is 2.19. The summed E-state index contributed by atoms with van der Waals surface area (Å²) in [7, 11) is 0. The summed E-state index contributed by atoms with van der Waals surface area (Å²) < 4.78 is 0. The lowest BCUT2D eigenvalue weighted by atomic mass is 9.92. The molecule has 0 saturated heterocycles. The van der Waals surface area contributed by atoms with E-state index in [2.05, 4.69) is 11.9 Å². The third-order valence-corrected chi connectivity index (χ3v) is 2.25. The summed E-state index contributed by atoms with van der Waals surface area (Å²) >= 11 is 0. The molecule has 1 saturated carbocycles. The minimum atomic E-state index is -0.0888. The maximum absolute atomic E-state index is 10.9. The lowest BCUT2D eigenvalue weighted by molar-refractivity contribution is -0.117. The van der Waals surface area contributed by atoms with Crippen LogP contribution < -0.4 is 11.1 Å². The summed E-state index contributed by atoms with van der Waals surface area (Å²) in [5, 5.41) is 2.86. The second kappa shape index (κ2) is 4.26. The SMILES string of the molecule is C=CC(=O)NC1CCCC(N)C1. The summed E-state index contributed by atoms with van der Waals surface area (Å²) in [5.74, 6) is -0.0888. The Bertz CT molecular complexity index is 179. The van der Waals surface area contributed by atoms with Gasteiger partial charge >= 0.3 is 0 Å². The van der Waals surface area contributed by atoms with Gasteiger partial charge in [0.05, 0.1) is 0 Å². The fourth-order valence-electron chi connectivity index (χ4n) is 1.62. The first kappa shape index (κ1) is 9.26. The zero-order valence-electron chi connectivity index (χ0n) is 7.25. The van der Waals surface area contributed by atoms with Crippen molar-refractivity contribution in [3.05, 3.63) is 12.7 Å². The first-order valence-corrected chi connectivity index (χ1v) is 4.41. The molecule has 2 unspecified atom stereocenters. The van der Waals surface area contributed by atoms with E-state index in [0.717, 1.165) is 25.7 Å². The van der Waals surface area contributed by atoms with Crippen LogP contribution in [0.3, 0.4) is 0 Å². The van der Waals surface area contributed by atoms with Crippen molar-refractivity contribution in [3.63, 3.8) is 0 Å². The average molecular weight is 168 g/mol. The summed E-state index contributed by atoms with van der Waals surface area (Å²) in [5.41, 5.74) is 5.77. The molecule has 0 radical (unpaired) electrons. The normalized spacial score (nSPS) is 29.4. The third kappa shape index (κ3) is 2.66. The Morgan fingerprint density at radius 2 is 2.33 bits per heavy atom. The Morgan fingerprint density at radius 1 is 1.58 bits per heavy atom. The lowest BCUT2D eigenvalue weighted by Gasteiger charge is -2.26. The maximum Gasteiger partial charge on any atom is 0.243 e. The van der Waals surface area contributed by atoms with Crippen molar-refractivity contribution in [2.75, 3.05) is 0 Å². The number of nitrogens with two attached hydrogens (primary N) is 1. The van der Waals surface area contributed by atoms with Gasteiger partial charge in [0.2, 0.25) is 5.91 Å². The van der Waals surface area contributed by atoms with Crippen LogP contribution in [0.5, 0.6) is 0 Å². The van der Waals surface area contributed by atoms with Crippen LogP contribution in [0.15, 0.2) is 12.7 Å². The van der Waals surface area contributed by atoms with Crippen LogP contribution in [-0.4, -0.2) is 18.0 Å². The molecule has 0 aromatic heterocycles. The Labute approximate surface area is 73.0 Å². The molecule has 1 aliphatic carbocycles. The Morgan fingerprint density at radius 3 is 2.92 bits per heavy atom. The highest BCUT2D eigenvalue weighted by atomic mass is 16.1. The fourth-order valence-corrected chi connectivity index (χ4v) is 1.62. The zero-order valence-corrected chi connectivity index (χ0v) is 7.25. The second-order valence-electron chi connectivity index (χ2n) is 3.34. The highest BCUT2D eigenvalue weighted by molar-refractivity contribution is 5.87. The molecule has 0 aliphatic heterocycles. The summed E-state index contributed by atoms with van der Waals surface area (Å²) in [6.45, 7) is 3.40. The van der Waals surface area contributed by atoms with E-state index in [1.807, 2.05) is 0 Å². The first-order valence-electron chi connectivity index (χ1n) is 4.41. The van der Waals surface area contributed by atoms with E-state index in [9.17, 15) is 4.79 Å². The van der Waals surface area contributed by atoms with Crippen molar-refractivity contribution in [2.24, 2.45) is 5.73 Å². The van der Waals surface area contributed by atoms with Gasteiger partial charge in [-0.25, -0.2) is 0 Å². The number of amides is 1. The predicted octanol–water partition coefficient (Wildman–Crippen LogP) is 0.558. The van der Waals surface area contributed by atoms with Crippen LogP contribution in [-0.2, 0) is 4.79 Å². The van der Waals surface area contributed by atoms with Gasteiger partial charge < -0.3 is 11.1 Å². The second-order valence-corrected chi connectivity index (χ2v) is 3.34. The van der Waals surface area contributed by atoms with Gasteiger partial charge in [-0.3, -0.25) is 4.79 Å². The first-order chi connectivity index (χ1) is 5.72. The molecule has 1 fully saturated rings. The summed E-state index contributed by atoms with van der Waals surface area (Å²) in [6.07, 6.45) is 5.46. The van der Waals surface area contributed by atoms with E-state index in [1.165, 1.54) is 6.08 Å². The summed E-state index contributed by atoms with van der Waals surface area (Å²) in [4.78, 5) is 10.9. The molecular weight excluding hydrogens is 152 g/mol. The molecule has 0 aromatic carbocycles. The van der Waals surface area contributed by atoms with Crippen molar-refractivity contribution in [1.29, 1.82) is 0 Å². The minimum Gasteiger partial charge on any atom is -0.350 e. The van der Waals surface area contributed by atoms with Crippen LogP contribution in [0.2, 0.25) is 0 Å². The molecule has 0 aromatic rings. The molecule has 1 rings (SSSR count). The van der Waals surface area contributed by atoms with Crippen molar-refractivity contribution in [1.82, 2.24) is 5.32 Å². The Balaban J connectivity index is 2.31. The molecule has 12 heavy (non-hydrogen) atoms. The van der Waals surface area contributed by atoms with Crippen LogP contribution in [0.4, 0.5) is 0 Å². The molecule has 0 heterocycles. The van der Waals surface area contributed by atoms with Crippen LogP contribution in [0, 0.1) is 0 Å². The monoisotopic (exact) mass is 168 g/mol. The molecule has 2 atom stereocenters. The predicted molar refractivity (Wildman–Crippen MR) is 48.6 cm³/mol. The van der Waals surface area contributed by atoms with Crippen LogP contribution in [0.25, 0.3) is 0 Å². The van der Waals surface area contributed by atoms with Gasteiger partial charge in [-0.2, -0.15) is 0 Å². The standard InChI is InChI=1S/C9H16N2O/c1-2-9(12)11-8-5-3-4-7(10)6-8/h2,7-8H,1,3-6,10H2,(H,11,12). The molecule has 0 spiro atoms. The Kier molecular flexibility index (Phi) is 3.29. The number of rotatable bonds is 2. The van der Waals surface area contributed by atoms with Crippen LogP contribution in [0.1, 0.15) is 25.7 Å². The molecule has 1 amide bonds. The molecular formula is C9H16N2O. The van der Waals surface area contributed by atoms with Crippen molar-refractivity contribution in [2.45, 2.75) is 37.8 Å². The van der Waals surface area contributed by atoms with E-state index in [0.29, 0.717) is 0 Å². The number of carbonyl (C=O) groups excluding carboxylic acids is 1. The molecule has 68 valence electrons. The largest absolute Gasteiger partial charge is 0.350 e. The topological polar surface area (TPSA) is 55.1 Å².